The van der Waals surface area contributed by atoms with Crippen molar-refractivity contribution in [2.24, 2.45) is 0 Å². The van der Waals surface area contributed by atoms with Crippen LogP contribution in [0.1, 0.15) is 18.1 Å². The van der Waals surface area contributed by atoms with E-state index in [9.17, 15) is 13.5 Å². The molecule has 0 aliphatic rings. The van der Waals surface area contributed by atoms with Gasteiger partial charge < -0.3 is 5.11 Å². The largest absolute Gasteiger partial charge is 0.384 e. The fraction of sp³-hybridized carbons (Fsp3) is 0.278. The average Bonchev–Trinajstić information content (AvgIpc) is 2.60. The number of nitriles is 1. The highest BCUT2D eigenvalue weighted by Gasteiger charge is 2.26. The van der Waals surface area contributed by atoms with E-state index < -0.39 is 15.8 Å². The van der Waals surface area contributed by atoms with E-state index in [0.29, 0.717) is 11.1 Å². The van der Waals surface area contributed by atoms with E-state index in [1.54, 1.807) is 31.2 Å². The van der Waals surface area contributed by atoms with Gasteiger partial charge in [0.2, 0.25) is 0 Å². The average molecular weight is 359 g/mol. The number of aliphatic hydroxyl groups is 1. The van der Waals surface area contributed by atoms with E-state index in [-0.39, 0.29) is 6.54 Å². The van der Waals surface area contributed by atoms with Crippen molar-refractivity contribution < 1.29 is 13.5 Å². The molecule has 0 saturated heterocycles. The summed E-state index contributed by atoms with van der Waals surface area (Å²) in [6.07, 6.45) is 0. The zero-order chi connectivity index (χ0) is 18.7. The van der Waals surface area contributed by atoms with Crippen LogP contribution in [0.5, 0.6) is 0 Å². The van der Waals surface area contributed by atoms with Gasteiger partial charge in [0.1, 0.15) is 5.60 Å². The van der Waals surface area contributed by atoms with Crippen molar-refractivity contribution in [2.45, 2.75) is 12.5 Å². The minimum atomic E-state index is -3.60. The van der Waals surface area contributed by atoms with Crippen LogP contribution in [0.3, 0.4) is 0 Å². The standard InChI is InChI=1S/C18H21N3O3S/c1-18(22,13-20-25(23,24)21(2)3)17-10-8-16(9-11-17)15-6-4-14(12-19)5-7-15/h4-11,20,22H,13H2,1-3H3. The van der Waals surface area contributed by atoms with Crippen molar-refractivity contribution in [2.75, 3.05) is 20.6 Å². The first kappa shape index (κ1) is 19.1. The van der Waals surface area contributed by atoms with Gasteiger partial charge in [-0.3, -0.25) is 0 Å². The molecule has 0 amide bonds. The molecule has 0 aliphatic heterocycles. The van der Waals surface area contributed by atoms with Crippen molar-refractivity contribution >= 4 is 10.2 Å². The van der Waals surface area contributed by atoms with Crippen molar-refractivity contribution in [3.8, 4) is 17.2 Å². The molecule has 0 aliphatic carbocycles. The molecule has 0 aromatic heterocycles. The van der Waals surface area contributed by atoms with Crippen LogP contribution in [-0.2, 0) is 15.8 Å². The summed E-state index contributed by atoms with van der Waals surface area (Å²) < 4.78 is 27.0. The summed E-state index contributed by atoms with van der Waals surface area (Å²) in [4.78, 5) is 0. The van der Waals surface area contributed by atoms with Crippen LogP contribution in [0.2, 0.25) is 0 Å². The fourth-order valence-corrected chi connectivity index (χ4v) is 2.94. The van der Waals surface area contributed by atoms with Crippen LogP contribution < -0.4 is 4.72 Å². The van der Waals surface area contributed by atoms with Gasteiger partial charge in [-0.25, -0.2) is 0 Å². The Labute approximate surface area is 148 Å². The number of benzene rings is 2. The molecule has 2 aromatic rings. The van der Waals surface area contributed by atoms with Crippen LogP contribution in [0.25, 0.3) is 11.1 Å². The third-order valence-corrected chi connectivity index (χ3v) is 5.40. The Morgan fingerprint density at radius 3 is 2.00 bits per heavy atom. The molecule has 0 radical (unpaired) electrons. The first-order valence-electron chi connectivity index (χ1n) is 7.66. The van der Waals surface area contributed by atoms with E-state index in [1.807, 2.05) is 24.3 Å². The van der Waals surface area contributed by atoms with Crippen LogP contribution in [0.4, 0.5) is 0 Å². The molecule has 2 aromatic carbocycles. The molecule has 2 rings (SSSR count). The molecule has 0 saturated carbocycles. The Hall–Kier alpha value is -2.24. The van der Waals surface area contributed by atoms with Crippen molar-refractivity contribution in [3.63, 3.8) is 0 Å². The van der Waals surface area contributed by atoms with Crippen molar-refractivity contribution in [3.05, 3.63) is 59.7 Å². The summed E-state index contributed by atoms with van der Waals surface area (Å²) in [6, 6.07) is 16.5. The molecular weight excluding hydrogens is 338 g/mol. The molecule has 0 bridgehead atoms. The summed E-state index contributed by atoms with van der Waals surface area (Å²) in [5, 5.41) is 19.4. The van der Waals surface area contributed by atoms with E-state index in [4.69, 9.17) is 5.26 Å². The molecule has 0 spiro atoms. The maximum atomic E-state index is 11.8. The first-order valence-corrected chi connectivity index (χ1v) is 9.10. The zero-order valence-electron chi connectivity index (χ0n) is 14.4. The number of rotatable bonds is 6. The number of nitrogens with zero attached hydrogens (tertiary/aromatic N) is 2. The van der Waals surface area contributed by atoms with Gasteiger partial charge in [0, 0.05) is 20.6 Å². The number of hydrogen-bond donors (Lipinski definition) is 2. The molecule has 25 heavy (non-hydrogen) atoms. The second-order valence-electron chi connectivity index (χ2n) is 6.15. The van der Waals surface area contributed by atoms with Gasteiger partial charge in [-0.05, 0) is 35.7 Å². The lowest BCUT2D eigenvalue weighted by molar-refractivity contribution is 0.0624. The summed E-state index contributed by atoms with van der Waals surface area (Å²) >= 11 is 0. The van der Waals surface area contributed by atoms with Crippen LogP contribution >= 0.6 is 0 Å². The molecule has 2 N–H and O–H groups in total. The second-order valence-corrected chi connectivity index (χ2v) is 8.12. The van der Waals surface area contributed by atoms with E-state index >= 15 is 0 Å². The maximum absolute atomic E-state index is 11.8. The highest BCUT2D eigenvalue weighted by Crippen LogP contribution is 2.25. The summed E-state index contributed by atoms with van der Waals surface area (Å²) in [5.74, 6) is 0. The van der Waals surface area contributed by atoms with Gasteiger partial charge in [0.15, 0.2) is 0 Å². The lowest BCUT2D eigenvalue weighted by Crippen LogP contribution is -2.43. The topological polar surface area (TPSA) is 93.4 Å². The summed E-state index contributed by atoms with van der Waals surface area (Å²) in [5.41, 5.74) is 1.76. The molecule has 7 heteroatoms. The monoisotopic (exact) mass is 359 g/mol. The number of nitrogens with one attached hydrogen (secondary N) is 1. The smallest absolute Gasteiger partial charge is 0.279 e. The van der Waals surface area contributed by atoms with Crippen LogP contribution in [-0.4, -0.2) is 38.5 Å². The third-order valence-electron chi connectivity index (χ3n) is 3.93. The van der Waals surface area contributed by atoms with Gasteiger partial charge in [0.05, 0.1) is 11.6 Å². The SMILES string of the molecule is CN(C)S(=O)(=O)NCC(C)(O)c1ccc(-c2ccc(C#N)cc2)cc1. The zero-order valence-corrected chi connectivity index (χ0v) is 15.2. The van der Waals surface area contributed by atoms with E-state index in [2.05, 4.69) is 10.8 Å². The van der Waals surface area contributed by atoms with Crippen LogP contribution in [0, 0.1) is 11.3 Å². The Morgan fingerprint density at radius 1 is 1.08 bits per heavy atom. The Balaban J connectivity index is 2.16. The van der Waals surface area contributed by atoms with Gasteiger partial charge in [0.25, 0.3) is 10.2 Å². The molecule has 132 valence electrons. The Kier molecular flexibility index (Phi) is 5.60. The molecule has 1 atom stereocenters. The summed E-state index contributed by atoms with van der Waals surface area (Å²) in [6.45, 7) is 1.42. The summed E-state index contributed by atoms with van der Waals surface area (Å²) in [7, 11) is -0.760. The predicted octanol–water partition coefficient (Wildman–Crippen LogP) is 1.83. The van der Waals surface area contributed by atoms with Crippen molar-refractivity contribution in [1.82, 2.24) is 9.03 Å². The Bertz CT molecular complexity index is 865. The third kappa shape index (κ3) is 4.65. The lowest BCUT2D eigenvalue weighted by atomic mass is 9.94. The molecule has 6 nitrogen and oxygen atoms in total. The lowest BCUT2D eigenvalue weighted by Gasteiger charge is -2.25. The van der Waals surface area contributed by atoms with Gasteiger partial charge >= 0.3 is 0 Å². The quantitative estimate of drug-likeness (QED) is 0.823. The highest BCUT2D eigenvalue weighted by molar-refractivity contribution is 7.87. The van der Waals surface area contributed by atoms with E-state index in [0.717, 1.165) is 15.4 Å². The minimum absolute atomic E-state index is 0.135. The predicted molar refractivity (Wildman–Crippen MR) is 96.8 cm³/mol. The fourth-order valence-electron chi connectivity index (χ4n) is 2.22. The Morgan fingerprint density at radius 2 is 1.56 bits per heavy atom. The van der Waals surface area contributed by atoms with Gasteiger partial charge in [-0.2, -0.15) is 22.7 Å². The normalized spacial score (nSPS) is 14.1. The molecule has 1 unspecified atom stereocenters. The van der Waals surface area contributed by atoms with Gasteiger partial charge in [-0.15, -0.1) is 0 Å². The second kappa shape index (κ2) is 7.33. The molecule has 0 fully saturated rings. The minimum Gasteiger partial charge on any atom is -0.384 e. The van der Waals surface area contributed by atoms with Gasteiger partial charge in [-0.1, -0.05) is 36.4 Å². The first-order chi connectivity index (χ1) is 11.7. The van der Waals surface area contributed by atoms with Crippen molar-refractivity contribution in [1.29, 1.82) is 5.26 Å². The maximum Gasteiger partial charge on any atom is 0.279 e. The highest BCUT2D eigenvalue weighted by atomic mass is 32.2. The molecular formula is C18H21N3O3S. The molecule has 0 heterocycles. The van der Waals surface area contributed by atoms with E-state index in [1.165, 1.54) is 14.1 Å². The number of hydrogen-bond acceptors (Lipinski definition) is 4. The van der Waals surface area contributed by atoms with Crippen LogP contribution in [0.15, 0.2) is 48.5 Å².